The van der Waals surface area contributed by atoms with Gasteiger partial charge in [0, 0.05) is 27.6 Å². The minimum atomic E-state index is -0.127. The monoisotopic (exact) mass is 566 g/mol. The summed E-state index contributed by atoms with van der Waals surface area (Å²) in [5.41, 5.74) is 11.5. The number of benzene rings is 6. The fourth-order valence-electron chi connectivity index (χ4n) is 7.04. The molecule has 9 aromatic rings. The smallest absolute Gasteiger partial charge is 0.220 e. The molecule has 4 heteroatoms. The van der Waals surface area contributed by atoms with E-state index in [1.807, 2.05) is 0 Å². The molecule has 9 rings (SSSR count). The van der Waals surface area contributed by atoms with Gasteiger partial charge in [0.15, 0.2) is 0 Å². The summed E-state index contributed by atoms with van der Waals surface area (Å²) in [7, 11) is 0. The first-order valence-electron chi connectivity index (χ1n) is 15.2. The molecule has 0 saturated carbocycles. The maximum atomic E-state index is 5.10. The maximum Gasteiger partial charge on any atom is 0.220 e. The summed E-state index contributed by atoms with van der Waals surface area (Å²) in [5, 5.41) is 2.45. The molecule has 0 aliphatic carbocycles. The molecular weight excluding hydrogens is 536 g/mol. The van der Waals surface area contributed by atoms with E-state index in [1.54, 1.807) is 0 Å². The summed E-state index contributed by atoms with van der Waals surface area (Å²) in [4.78, 5) is 5.10. The summed E-state index contributed by atoms with van der Waals surface area (Å²) >= 11 is 0. The highest BCUT2D eigenvalue weighted by atomic mass is 15.2. The van der Waals surface area contributed by atoms with Crippen LogP contribution in [-0.4, -0.2) is 18.5 Å². The van der Waals surface area contributed by atoms with Gasteiger partial charge in [0.25, 0.3) is 0 Å². The first-order chi connectivity index (χ1) is 21.6. The zero-order chi connectivity index (χ0) is 29.4. The number of fused-ring (bicyclic) bond motifs is 8. The Labute approximate surface area is 255 Å². The first kappa shape index (κ1) is 24.9. The van der Waals surface area contributed by atoms with E-state index in [9.17, 15) is 0 Å². The highest BCUT2D eigenvalue weighted by Crippen LogP contribution is 2.37. The lowest BCUT2D eigenvalue weighted by molar-refractivity contribution is 0.640. The molecule has 4 nitrogen and oxygen atoms in total. The van der Waals surface area contributed by atoms with Crippen LogP contribution >= 0.6 is 0 Å². The van der Waals surface area contributed by atoms with Gasteiger partial charge in [0.05, 0.1) is 33.1 Å². The molecule has 3 heterocycles. The van der Waals surface area contributed by atoms with Crippen LogP contribution in [0.15, 0.2) is 146 Å². The van der Waals surface area contributed by atoms with Crippen LogP contribution in [0.3, 0.4) is 0 Å². The van der Waals surface area contributed by atoms with E-state index in [0.29, 0.717) is 0 Å². The van der Waals surface area contributed by atoms with E-state index in [2.05, 4.69) is 173 Å². The number of rotatable bonds is 4. The normalized spacial score (nSPS) is 12.3. The highest BCUT2D eigenvalue weighted by Gasteiger charge is 2.24. The van der Waals surface area contributed by atoms with Gasteiger partial charge < -0.3 is 4.57 Å². The molecule has 3 aromatic heterocycles. The third-order valence-electron chi connectivity index (χ3n) is 9.34. The standard InChI is InChI=1S/C40H30N4/c1-40(2,27-13-4-3-5-14-27)28-15-12-16-29(25-28)42-34-19-8-6-17-31(34)32-26-30(23-24-35(32)42)43-37-21-10-11-22-38(37)44-36-20-9-7-18-33(36)41-39(43)44/h3-26H,1-2H3. The number of imidazole rings is 2. The minimum absolute atomic E-state index is 0.127. The molecule has 0 bridgehead atoms. The fraction of sp³-hybridized carbons (Fsp3) is 0.0750. The largest absolute Gasteiger partial charge is 0.309 e. The zero-order valence-corrected chi connectivity index (χ0v) is 24.6. The van der Waals surface area contributed by atoms with Crippen molar-refractivity contribution in [2.75, 3.05) is 0 Å². The van der Waals surface area contributed by atoms with Crippen molar-refractivity contribution in [1.82, 2.24) is 18.5 Å². The lowest BCUT2D eigenvalue weighted by Crippen LogP contribution is -2.19. The summed E-state index contributed by atoms with van der Waals surface area (Å²) in [6, 6.07) is 52.3. The Morgan fingerprint density at radius 1 is 0.455 bits per heavy atom. The van der Waals surface area contributed by atoms with Crippen molar-refractivity contribution >= 4 is 49.7 Å². The Kier molecular flexibility index (Phi) is 5.21. The van der Waals surface area contributed by atoms with E-state index < -0.39 is 0 Å². The molecule has 0 atom stereocenters. The molecule has 0 amide bonds. The van der Waals surface area contributed by atoms with Crippen molar-refractivity contribution in [1.29, 1.82) is 0 Å². The van der Waals surface area contributed by atoms with Gasteiger partial charge in [-0.15, -0.1) is 0 Å². The van der Waals surface area contributed by atoms with E-state index in [4.69, 9.17) is 4.98 Å². The molecule has 0 N–H and O–H groups in total. The van der Waals surface area contributed by atoms with Crippen LogP contribution in [0.4, 0.5) is 0 Å². The highest BCUT2D eigenvalue weighted by molar-refractivity contribution is 6.10. The minimum Gasteiger partial charge on any atom is -0.309 e. The first-order valence-corrected chi connectivity index (χ1v) is 15.2. The van der Waals surface area contributed by atoms with Gasteiger partial charge >= 0.3 is 0 Å². The third-order valence-corrected chi connectivity index (χ3v) is 9.34. The van der Waals surface area contributed by atoms with Gasteiger partial charge in [-0.25, -0.2) is 4.98 Å². The predicted octanol–water partition coefficient (Wildman–Crippen LogP) is 9.85. The van der Waals surface area contributed by atoms with Crippen LogP contribution in [0.1, 0.15) is 25.0 Å². The number of para-hydroxylation sites is 5. The molecule has 6 aromatic carbocycles. The van der Waals surface area contributed by atoms with Crippen molar-refractivity contribution in [3.63, 3.8) is 0 Å². The quantitative estimate of drug-likeness (QED) is 0.208. The molecule has 210 valence electrons. The predicted molar refractivity (Wildman–Crippen MR) is 182 cm³/mol. The molecule has 0 fully saturated rings. The van der Waals surface area contributed by atoms with Crippen molar-refractivity contribution in [2.24, 2.45) is 0 Å². The second-order valence-corrected chi connectivity index (χ2v) is 12.2. The van der Waals surface area contributed by atoms with Crippen LogP contribution in [0.2, 0.25) is 0 Å². The average molecular weight is 567 g/mol. The Hall–Kier alpha value is -5.61. The molecule has 0 aliphatic rings. The van der Waals surface area contributed by atoms with Crippen LogP contribution in [0.25, 0.3) is 61.0 Å². The lowest BCUT2D eigenvalue weighted by Gasteiger charge is -2.27. The topological polar surface area (TPSA) is 27.2 Å². The molecule has 0 aliphatic heterocycles. The van der Waals surface area contributed by atoms with Gasteiger partial charge in [-0.2, -0.15) is 0 Å². The molecular formula is C40H30N4. The molecule has 0 unspecified atom stereocenters. The van der Waals surface area contributed by atoms with E-state index in [0.717, 1.165) is 33.5 Å². The van der Waals surface area contributed by atoms with Crippen LogP contribution in [-0.2, 0) is 5.41 Å². The van der Waals surface area contributed by atoms with E-state index in [-0.39, 0.29) is 5.41 Å². The number of nitrogens with zero attached hydrogens (tertiary/aromatic N) is 4. The Balaban J connectivity index is 1.28. The van der Waals surface area contributed by atoms with E-state index in [1.165, 1.54) is 38.6 Å². The molecule has 44 heavy (non-hydrogen) atoms. The Morgan fingerprint density at radius 3 is 1.93 bits per heavy atom. The van der Waals surface area contributed by atoms with Crippen molar-refractivity contribution < 1.29 is 0 Å². The lowest BCUT2D eigenvalue weighted by atomic mass is 9.78. The summed E-state index contributed by atoms with van der Waals surface area (Å²) in [6.45, 7) is 4.61. The number of aromatic nitrogens is 4. The third kappa shape index (κ3) is 3.48. The van der Waals surface area contributed by atoms with Crippen molar-refractivity contribution in [3.8, 4) is 11.4 Å². The second-order valence-electron chi connectivity index (χ2n) is 12.2. The molecule has 0 saturated heterocycles. The molecule has 0 radical (unpaired) electrons. The second kappa shape index (κ2) is 9.19. The van der Waals surface area contributed by atoms with Crippen molar-refractivity contribution in [3.05, 3.63) is 157 Å². The maximum absolute atomic E-state index is 5.10. The molecule has 0 spiro atoms. The summed E-state index contributed by atoms with van der Waals surface area (Å²) in [5.74, 6) is 0.923. The van der Waals surface area contributed by atoms with Gasteiger partial charge in [-0.3, -0.25) is 8.97 Å². The zero-order valence-electron chi connectivity index (χ0n) is 24.6. The van der Waals surface area contributed by atoms with Crippen LogP contribution < -0.4 is 0 Å². The van der Waals surface area contributed by atoms with Gasteiger partial charge in [-0.1, -0.05) is 98.8 Å². The van der Waals surface area contributed by atoms with Gasteiger partial charge in [-0.05, 0) is 71.8 Å². The van der Waals surface area contributed by atoms with Gasteiger partial charge in [0.2, 0.25) is 5.78 Å². The SMILES string of the molecule is CC(C)(c1ccccc1)c1cccc(-n2c3ccccc3c3cc(-n4c5ccccc5n5c6ccccc6nc45)ccc32)c1. The number of hydrogen-bond donors (Lipinski definition) is 0. The van der Waals surface area contributed by atoms with Crippen molar-refractivity contribution in [2.45, 2.75) is 19.3 Å². The van der Waals surface area contributed by atoms with Gasteiger partial charge in [0.1, 0.15) is 0 Å². The van der Waals surface area contributed by atoms with Crippen LogP contribution in [0.5, 0.6) is 0 Å². The average Bonchev–Trinajstić information content (AvgIpc) is 3.72. The summed E-state index contributed by atoms with van der Waals surface area (Å²) in [6.07, 6.45) is 0. The number of hydrogen-bond acceptors (Lipinski definition) is 1. The summed E-state index contributed by atoms with van der Waals surface area (Å²) < 4.78 is 6.98. The van der Waals surface area contributed by atoms with E-state index >= 15 is 0 Å². The van der Waals surface area contributed by atoms with Crippen LogP contribution in [0, 0.1) is 0 Å². The fourth-order valence-corrected chi connectivity index (χ4v) is 7.04. The Bertz CT molecular complexity index is 2520. The Morgan fingerprint density at radius 2 is 1.09 bits per heavy atom.